The minimum Gasteiger partial charge on any atom is -0.370 e. The highest BCUT2D eigenvalue weighted by molar-refractivity contribution is 5.48. The van der Waals surface area contributed by atoms with Crippen LogP contribution >= 0.6 is 0 Å². The van der Waals surface area contributed by atoms with Gasteiger partial charge in [-0.05, 0) is 31.7 Å². The highest BCUT2D eigenvalue weighted by Crippen LogP contribution is 2.24. The van der Waals surface area contributed by atoms with E-state index in [4.69, 9.17) is 0 Å². The molecule has 1 atom stereocenters. The molecule has 23 heavy (non-hydrogen) atoms. The standard InChI is InChI=1S/C15H22F3N5/c16-15(17,18)10-22-6-3-12(9-22)8-19-13-7-14(21-11-20-13)23-4-1-2-5-23/h7,11-12H,1-6,8-10H2,(H,19,20,21). The van der Waals surface area contributed by atoms with Crippen molar-refractivity contribution < 1.29 is 13.2 Å². The molecule has 1 unspecified atom stereocenters. The Morgan fingerprint density at radius 3 is 2.70 bits per heavy atom. The molecule has 0 aliphatic carbocycles. The molecule has 0 amide bonds. The predicted molar refractivity (Wildman–Crippen MR) is 82.6 cm³/mol. The van der Waals surface area contributed by atoms with Gasteiger partial charge in [-0.2, -0.15) is 13.2 Å². The van der Waals surface area contributed by atoms with Gasteiger partial charge in [0.25, 0.3) is 0 Å². The molecule has 0 saturated carbocycles. The van der Waals surface area contributed by atoms with E-state index in [1.54, 1.807) is 6.33 Å². The summed E-state index contributed by atoms with van der Waals surface area (Å²) >= 11 is 0. The topological polar surface area (TPSA) is 44.3 Å². The second kappa shape index (κ2) is 6.90. The van der Waals surface area contributed by atoms with Crippen LogP contribution in [0.25, 0.3) is 0 Å². The summed E-state index contributed by atoms with van der Waals surface area (Å²) in [5, 5.41) is 3.25. The molecule has 2 saturated heterocycles. The lowest BCUT2D eigenvalue weighted by Gasteiger charge is -2.19. The third-order valence-corrected chi connectivity index (χ3v) is 4.43. The van der Waals surface area contributed by atoms with E-state index in [1.807, 2.05) is 6.07 Å². The lowest BCUT2D eigenvalue weighted by molar-refractivity contribution is -0.143. The van der Waals surface area contributed by atoms with Crippen molar-refractivity contribution in [2.24, 2.45) is 5.92 Å². The summed E-state index contributed by atoms with van der Waals surface area (Å²) in [5.41, 5.74) is 0. The van der Waals surface area contributed by atoms with Crippen molar-refractivity contribution in [2.75, 3.05) is 49.5 Å². The number of nitrogens with zero attached hydrogens (tertiary/aromatic N) is 4. The van der Waals surface area contributed by atoms with E-state index in [0.29, 0.717) is 19.6 Å². The van der Waals surface area contributed by atoms with Gasteiger partial charge in [0.1, 0.15) is 18.0 Å². The Labute approximate surface area is 133 Å². The van der Waals surface area contributed by atoms with Gasteiger partial charge in [0.05, 0.1) is 6.54 Å². The van der Waals surface area contributed by atoms with E-state index in [9.17, 15) is 13.2 Å². The van der Waals surface area contributed by atoms with Crippen molar-refractivity contribution in [2.45, 2.75) is 25.4 Å². The first kappa shape index (κ1) is 16.3. The van der Waals surface area contributed by atoms with Crippen molar-refractivity contribution >= 4 is 11.6 Å². The maximum absolute atomic E-state index is 12.4. The summed E-state index contributed by atoms with van der Waals surface area (Å²) in [7, 11) is 0. The molecule has 2 aliphatic rings. The molecule has 5 nitrogen and oxygen atoms in total. The number of anilines is 2. The molecule has 1 aromatic heterocycles. The highest BCUT2D eigenvalue weighted by Gasteiger charge is 2.34. The Kier molecular flexibility index (Phi) is 4.89. The molecule has 0 aromatic carbocycles. The Balaban J connectivity index is 1.48. The average molecular weight is 329 g/mol. The molecule has 0 bridgehead atoms. The first-order chi connectivity index (χ1) is 11.0. The molecule has 3 rings (SSSR count). The first-order valence-corrected chi connectivity index (χ1v) is 8.09. The normalized spacial score (nSPS) is 22.7. The minimum atomic E-state index is -4.11. The minimum absolute atomic E-state index is 0.225. The summed E-state index contributed by atoms with van der Waals surface area (Å²) in [5.74, 6) is 1.89. The molecule has 1 aromatic rings. The number of hydrogen-bond donors (Lipinski definition) is 1. The van der Waals surface area contributed by atoms with Crippen LogP contribution in [0, 0.1) is 5.92 Å². The molecule has 2 aliphatic heterocycles. The second-order valence-corrected chi connectivity index (χ2v) is 6.34. The Morgan fingerprint density at radius 1 is 1.17 bits per heavy atom. The fourth-order valence-corrected chi connectivity index (χ4v) is 3.29. The van der Waals surface area contributed by atoms with Gasteiger partial charge in [0, 0.05) is 32.2 Å². The summed E-state index contributed by atoms with van der Waals surface area (Å²) < 4.78 is 37.2. The molecular formula is C15H22F3N5. The maximum atomic E-state index is 12.4. The number of aromatic nitrogens is 2. The third kappa shape index (κ3) is 4.70. The largest absolute Gasteiger partial charge is 0.401 e. The van der Waals surface area contributed by atoms with Gasteiger partial charge in [-0.25, -0.2) is 9.97 Å². The Morgan fingerprint density at radius 2 is 1.96 bits per heavy atom. The lowest BCUT2D eigenvalue weighted by Crippen LogP contribution is -2.33. The van der Waals surface area contributed by atoms with Gasteiger partial charge in [0.2, 0.25) is 0 Å². The summed E-state index contributed by atoms with van der Waals surface area (Å²) in [6, 6.07) is 1.92. The summed E-state index contributed by atoms with van der Waals surface area (Å²) in [6.07, 6.45) is 0.584. The van der Waals surface area contributed by atoms with E-state index >= 15 is 0 Å². The van der Waals surface area contributed by atoms with E-state index in [-0.39, 0.29) is 5.92 Å². The Bertz CT molecular complexity index is 516. The smallest absolute Gasteiger partial charge is 0.370 e. The van der Waals surface area contributed by atoms with Crippen molar-refractivity contribution in [3.8, 4) is 0 Å². The number of halogens is 3. The van der Waals surface area contributed by atoms with Gasteiger partial charge >= 0.3 is 6.18 Å². The average Bonchev–Trinajstić information content (AvgIpc) is 3.15. The molecule has 128 valence electrons. The first-order valence-electron chi connectivity index (χ1n) is 8.09. The van der Waals surface area contributed by atoms with E-state index in [1.165, 1.54) is 17.7 Å². The number of rotatable bonds is 5. The van der Waals surface area contributed by atoms with Gasteiger partial charge in [0.15, 0.2) is 0 Å². The third-order valence-electron chi connectivity index (χ3n) is 4.43. The van der Waals surface area contributed by atoms with Crippen LogP contribution in [0.5, 0.6) is 0 Å². The monoisotopic (exact) mass is 329 g/mol. The predicted octanol–water partition coefficient (Wildman–Crippen LogP) is 2.37. The van der Waals surface area contributed by atoms with Crippen LogP contribution in [0.2, 0.25) is 0 Å². The van der Waals surface area contributed by atoms with Crippen LogP contribution in [0.4, 0.5) is 24.8 Å². The number of likely N-dealkylation sites (tertiary alicyclic amines) is 1. The molecule has 1 N–H and O–H groups in total. The molecule has 3 heterocycles. The SMILES string of the molecule is FC(F)(F)CN1CCC(CNc2cc(N3CCCC3)ncn2)C1. The quantitative estimate of drug-likeness (QED) is 0.898. The summed E-state index contributed by atoms with van der Waals surface area (Å²) in [6.45, 7) is 2.86. The van der Waals surface area contributed by atoms with Crippen LogP contribution in [0.1, 0.15) is 19.3 Å². The number of hydrogen-bond acceptors (Lipinski definition) is 5. The van der Waals surface area contributed by atoms with E-state index in [0.717, 1.165) is 31.1 Å². The fraction of sp³-hybridized carbons (Fsp3) is 0.733. The Hall–Kier alpha value is -1.57. The molecule has 0 spiro atoms. The summed E-state index contributed by atoms with van der Waals surface area (Å²) in [4.78, 5) is 12.2. The maximum Gasteiger partial charge on any atom is 0.401 e. The van der Waals surface area contributed by atoms with Crippen LogP contribution in [-0.4, -0.2) is 60.3 Å². The van der Waals surface area contributed by atoms with Crippen molar-refractivity contribution in [3.63, 3.8) is 0 Å². The van der Waals surface area contributed by atoms with Crippen LogP contribution in [-0.2, 0) is 0 Å². The molecular weight excluding hydrogens is 307 g/mol. The van der Waals surface area contributed by atoms with Gasteiger partial charge in [-0.15, -0.1) is 0 Å². The van der Waals surface area contributed by atoms with Gasteiger partial charge in [-0.3, -0.25) is 4.90 Å². The second-order valence-electron chi connectivity index (χ2n) is 6.34. The zero-order valence-corrected chi connectivity index (χ0v) is 13.0. The van der Waals surface area contributed by atoms with Crippen LogP contribution in [0.3, 0.4) is 0 Å². The molecule has 0 radical (unpaired) electrons. The van der Waals surface area contributed by atoms with E-state index < -0.39 is 12.7 Å². The van der Waals surface area contributed by atoms with Gasteiger partial charge in [-0.1, -0.05) is 0 Å². The van der Waals surface area contributed by atoms with Crippen molar-refractivity contribution in [3.05, 3.63) is 12.4 Å². The van der Waals surface area contributed by atoms with Crippen molar-refractivity contribution in [1.29, 1.82) is 0 Å². The van der Waals surface area contributed by atoms with E-state index in [2.05, 4.69) is 20.2 Å². The molecule has 2 fully saturated rings. The van der Waals surface area contributed by atoms with Crippen LogP contribution in [0.15, 0.2) is 12.4 Å². The van der Waals surface area contributed by atoms with Gasteiger partial charge < -0.3 is 10.2 Å². The zero-order chi connectivity index (χ0) is 16.3. The zero-order valence-electron chi connectivity index (χ0n) is 13.0. The number of alkyl halides is 3. The highest BCUT2D eigenvalue weighted by atomic mass is 19.4. The number of nitrogens with one attached hydrogen (secondary N) is 1. The fourth-order valence-electron chi connectivity index (χ4n) is 3.29. The molecule has 8 heteroatoms. The van der Waals surface area contributed by atoms with Crippen LogP contribution < -0.4 is 10.2 Å². The lowest BCUT2D eigenvalue weighted by atomic mass is 10.1. The van der Waals surface area contributed by atoms with Crippen molar-refractivity contribution in [1.82, 2.24) is 14.9 Å².